The molecular formula is C120H163O26P. The van der Waals surface area contributed by atoms with Crippen LogP contribution in [-0.4, -0.2) is 168 Å². The van der Waals surface area contributed by atoms with Crippen LogP contribution in [0.15, 0.2) is 243 Å². The Balaban J connectivity index is 1.02. The monoisotopic (exact) mass is 2050 g/mol. The number of hydrogen-bond acceptors (Lipinski definition) is 26. The lowest BCUT2D eigenvalue weighted by Crippen LogP contribution is -2.71. The minimum Gasteiger partial charge on any atom is -0.462 e. The Morgan fingerprint density at radius 3 is 0.816 bits per heavy atom. The quantitative estimate of drug-likeness (QED) is 0.0148. The van der Waals surface area contributed by atoms with E-state index in [2.05, 4.69) is 13.8 Å². The van der Waals surface area contributed by atoms with Crippen LogP contribution in [0.5, 0.6) is 0 Å². The minimum absolute atomic E-state index is 0.00629. The third-order valence-electron chi connectivity index (χ3n) is 26.7. The Bertz CT molecular complexity index is 4650. The summed E-state index contributed by atoms with van der Waals surface area (Å²) in [5, 5.41) is 0. The molecule has 147 heavy (non-hydrogen) atoms. The van der Waals surface area contributed by atoms with E-state index in [1.54, 1.807) is 0 Å². The number of phosphoric ester groups is 1. The van der Waals surface area contributed by atoms with E-state index >= 15 is 4.57 Å². The van der Waals surface area contributed by atoms with E-state index in [0.29, 0.717) is 24.0 Å². The zero-order valence-corrected chi connectivity index (χ0v) is 88.5. The van der Waals surface area contributed by atoms with Crippen molar-refractivity contribution in [2.24, 2.45) is 0 Å². The molecule has 0 radical (unpaired) electrons. The van der Waals surface area contributed by atoms with Crippen LogP contribution in [0.25, 0.3) is 0 Å². The standard InChI is InChI=1S/C120H163O26P/c1-7-9-11-13-15-17-19-21-23-25-27-29-31-33-59-77-105(124)130-87-102(141-106(125)78-60-34-32-30-28-26-24-22-20-18-16-14-12-10-8-2)88-137-147(126,127-6)146-116-114(144-119-117(135-85-100-73-55-41-56-74-100)109(133-83-98-69-51-39-52-70-98)107(131-81-96-65-47-37-48-66-96)103(142-119)89-128-79-94-61-43-35-44-62-94)112(139-92(4)122)111(138-91(3)121)113(140-93(5)123)115(116)145-120-118(136-86-101-75-57-42-58-76-101)110(134-84-99-71-53-40-54-72-99)108(132-82-97-67-49-38-50-68-97)104(143-120)90-129-80-95-63-45-36-46-64-95/h35-58,61-76,102-104,107-120H,7-34,59-60,77-90H2,1-6H3/t102-,103-,104-,107-,108-,109+,110+,111?,112-,113+,114-,115-,116?,117+,118+,119-,120-,147+/m1/s1. The number of esters is 5. The number of carbonyl (C=O) groups is 5. The Morgan fingerprint density at radius 1 is 0.286 bits per heavy atom. The number of hydrogen-bond donors (Lipinski definition) is 0. The molecule has 2 aliphatic heterocycles. The van der Waals surface area contributed by atoms with Crippen LogP contribution < -0.4 is 0 Å². The van der Waals surface area contributed by atoms with Gasteiger partial charge in [0.25, 0.3) is 0 Å². The van der Waals surface area contributed by atoms with Gasteiger partial charge in [0, 0.05) is 40.7 Å². The van der Waals surface area contributed by atoms with Gasteiger partial charge in [0.2, 0.25) is 0 Å². The molecule has 3 aliphatic rings. The van der Waals surface area contributed by atoms with Gasteiger partial charge < -0.3 is 80.5 Å². The van der Waals surface area contributed by atoms with Gasteiger partial charge in [-0.05, 0) is 57.3 Å². The molecule has 1 saturated carbocycles. The highest BCUT2D eigenvalue weighted by atomic mass is 31.2. The van der Waals surface area contributed by atoms with Crippen LogP contribution in [0.2, 0.25) is 0 Å². The molecule has 0 bridgehead atoms. The molecule has 2 unspecified atom stereocenters. The molecule has 26 nitrogen and oxygen atoms in total. The molecule has 11 rings (SSSR count). The van der Waals surface area contributed by atoms with Crippen molar-refractivity contribution in [3.63, 3.8) is 0 Å². The number of benzene rings is 8. The lowest BCUT2D eigenvalue weighted by molar-refractivity contribution is -0.374. The van der Waals surface area contributed by atoms with Gasteiger partial charge in [-0.15, -0.1) is 0 Å². The maximum Gasteiger partial charge on any atom is 0.475 e. The summed E-state index contributed by atoms with van der Waals surface area (Å²) < 4.78 is 156. The highest BCUT2D eigenvalue weighted by molar-refractivity contribution is 7.48. The highest BCUT2D eigenvalue weighted by Crippen LogP contribution is 2.54. The van der Waals surface area contributed by atoms with Crippen LogP contribution in [0, 0.1) is 0 Å². The summed E-state index contributed by atoms with van der Waals surface area (Å²) in [7, 11) is -4.42. The third-order valence-corrected chi connectivity index (χ3v) is 28.1. The van der Waals surface area contributed by atoms with Crippen molar-refractivity contribution < 1.29 is 123 Å². The SMILES string of the molecule is CCCCCCCCCCCCCCCCCC(=O)OC[C@H](CO[P@](=O)(OC)OC1[C@H](O[C@H]2O[C@H](COCc3ccccc3)[C@@H](OCc3ccccc3)[C@H](OCc3ccccc3)[C@@H]2OCc2ccccc2)[C@H](OC(C)=O)C(OC(C)=O)[C@H](OC(C)=O)[C@H]1O[C@H]1O[C@H](COCc2ccccc2)[C@@H](OCc2ccccc2)[C@H](OCc2ccccc2)[C@@H]1OCc1ccccc1)OC(=O)CCCCCCCCCCCCCCCCC. The number of phosphoric acid groups is 1. The Kier molecular flexibility index (Phi) is 55.6. The fourth-order valence-corrected chi connectivity index (χ4v) is 20.0. The van der Waals surface area contributed by atoms with Gasteiger partial charge >= 0.3 is 37.7 Å². The van der Waals surface area contributed by atoms with Crippen molar-refractivity contribution in [1.29, 1.82) is 0 Å². The van der Waals surface area contributed by atoms with Gasteiger partial charge in [0.05, 0.1) is 72.7 Å². The Labute approximate surface area is 873 Å². The number of unbranched alkanes of at least 4 members (excludes halogenated alkanes) is 28. The van der Waals surface area contributed by atoms with Gasteiger partial charge in [-0.25, -0.2) is 4.57 Å². The first-order valence-corrected chi connectivity index (χ1v) is 55.6. The normalized spacial score (nSPS) is 22.0. The topological polar surface area (TPSA) is 287 Å². The van der Waals surface area contributed by atoms with Gasteiger partial charge in [-0.3, -0.25) is 37.5 Å². The van der Waals surface area contributed by atoms with Crippen molar-refractivity contribution in [3.8, 4) is 0 Å². The Hall–Kier alpha value is -9.26. The largest absolute Gasteiger partial charge is 0.475 e. The maximum atomic E-state index is 17.1. The van der Waals surface area contributed by atoms with E-state index in [0.717, 1.165) is 119 Å². The summed E-state index contributed by atoms with van der Waals surface area (Å²) in [4.78, 5) is 72.5. The minimum atomic E-state index is -5.48. The van der Waals surface area contributed by atoms with E-state index in [4.69, 9.17) is 94.1 Å². The summed E-state index contributed by atoms with van der Waals surface area (Å²) in [6.07, 6.45) is 6.73. The van der Waals surface area contributed by atoms with Gasteiger partial charge in [0.15, 0.2) is 37.0 Å². The zero-order chi connectivity index (χ0) is 103. The molecule has 18 atom stereocenters. The molecule has 0 aromatic heterocycles. The van der Waals surface area contributed by atoms with Crippen LogP contribution in [-0.2, 0) is 175 Å². The second kappa shape index (κ2) is 69.3. The van der Waals surface area contributed by atoms with E-state index in [-0.39, 0.29) is 78.9 Å². The fourth-order valence-electron chi connectivity index (χ4n) is 18.9. The fraction of sp³-hybridized carbons (Fsp3) is 0.558. The Morgan fingerprint density at radius 2 is 0.537 bits per heavy atom. The smallest absolute Gasteiger partial charge is 0.462 e. The van der Waals surface area contributed by atoms with Crippen molar-refractivity contribution in [2.75, 3.05) is 33.5 Å². The second-order valence-electron chi connectivity index (χ2n) is 38.8. The summed E-state index contributed by atoms with van der Waals surface area (Å²) in [5.74, 6) is -4.15. The van der Waals surface area contributed by atoms with Gasteiger partial charge in [-0.1, -0.05) is 436 Å². The molecule has 0 amide bonds. The lowest BCUT2D eigenvalue weighted by Gasteiger charge is -2.53. The van der Waals surface area contributed by atoms with Crippen LogP contribution in [0.3, 0.4) is 0 Å². The number of carbonyl (C=O) groups excluding carboxylic acids is 5. The molecule has 8 aromatic rings. The van der Waals surface area contributed by atoms with Crippen molar-refractivity contribution >= 4 is 37.7 Å². The summed E-state index contributed by atoms with van der Waals surface area (Å²) >= 11 is 0. The van der Waals surface area contributed by atoms with E-state index < -0.39 is 155 Å². The number of rotatable bonds is 74. The number of ether oxygens (including phenoxy) is 17. The first-order chi connectivity index (χ1) is 72.0. The van der Waals surface area contributed by atoms with E-state index in [1.165, 1.54) is 122 Å². The molecule has 2 heterocycles. The van der Waals surface area contributed by atoms with Crippen molar-refractivity contribution in [3.05, 3.63) is 287 Å². The van der Waals surface area contributed by atoms with Crippen molar-refractivity contribution in [1.82, 2.24) is 0 Å². The molecule has 804 valence electrons. The van der Waals surface area contributed by atoms with Crippen LogP contribution in [0.4, 0.5) is 0 Å². The van der Waals surface area contributed by atoms with Crippen LogP contribution >= 0.6 is 7.82 Å². The van der Waals surface area contributed by atoms with Gasteiger partial charge in [0.1, 0.15) is 73.8 Å². The van der Waals surface area contributed by atoms with Crippen molar-refractivity contribution in [2.45, 2.75) is 397 Å². The average molecular weight is 2050 g/mol. The summed E-state index contributed by atoms with van der Waals surface area (Å²) in [5.41, 5.74) is 6.23. The second-order valence-corrected chi connectivity index (χ2v) is 40.5. The molecular weight excluding hydrogens is 1890 g/mol. The first-order valence-electron chi connectivity index (χ1n) is 54.2. The molecule has 2 saturated heterocycles. The molecule has 0 spiro atoms. The summed E-state index contributed by atoms with van der Waals surface area (Å²) in [6, 6.07) is 76.0. The molecule has 8 aromatic carbocycles. The lowest BCUT2D eigenvalue weighted by atomic mass is 9.83. The van der Waals surface area contributed by atoms with E-state index in [1.807, 2.05) is 243 Å². The van der Waals surface area contributed by atoms with E-state index in [9.17, 15) is 24.0 Å². The van der Waals surface area contributed by atoms with Gasteiger partial charge in [-0.2, -0.15) is 0 Å². The zero-order valence-electron chi connectivity index (χ0n) is 87.6. The molecule has 3 fully saturated rings. The predicted molar refractivity (Wildman–Crippen MR) is 561 cm³/mol. The molecule has 0 N–H and O–H groups in total. The molecule has 1 aliphatic carbocycles. The summed E-state index contributed by atoms with van der Waals surface area (Å²) in [6.45, 7) is 6.03. The average Bonchev–Trinajstić information content (AvgIpc) is 0.739. The first kappa shape index (κ1) is 118. The highest BCUT2D eigenvalue weighted by Gasteiger charge is 2.64. The predicted octanol–water partition coefficient (Wildman–Crippen LogP) is 25.1. The molecule has 27 heteroatoms. The van der Waals surface area contributed by atoms with Crippen LogP contribution in [0.1, 0.15) is 285 Å². The maximum absolute atomic E-state index is 17.1. The third kappa shape index (κ3) is 43.9.